The predicted octanol–water partition coefficient (Wildman–Crippen LogP) is 3.59. The third kappa shape index (κ3) is 3.27. The van der Waals surface area contributed by atoms with E-state index in [-0.39, 0.29) is 23.1 Å². The molecule has 11 heteroatoms. The van der Waals surface area contributed by atoms with Gasteiger partial charge in [0, 0.05) is 11.3 Å². The Kier molecular flexibility index (Phi) is 5.03. The minimum Gasteiger partial charge on any atom is -0.459 e. The first kappa shape index (κ1) is 20.5. The summed E-state index contributed by atoms with van der Waals surface area (Å²) in [4.78, 5) is 40.0. The lowest BCUT2D eigenvalue weighted by atomic mass is 10.0. The van der Waals surface area contributed by atoms with Gasteiger partial charge in [0.25, 0.3) is 5.24 Å². The smallest absolute Gasteiger partial charge is 0.333 e. The average molecular weight is 482 g/mol. The molecule has 2 aliphatic heterocycles. The summed E-state index contributed by atoms with van der Waals surface area (Å²) in [5.74, 6) is -0.875. The molecule has 1 aromatic rings. The van der Waals surface area contributed by atoms with Gasteiger partial charge in [0.15, 0.2) is 5.54 Å². The number of alkyl halides is 3. The monoisotopic (exact) mass is 480 g/mol. The Bertz CT molecular complexity index is 853. The number of hydrogen-bond acceptors (Lipinski definition) is 6. The summed E-state index contributed by atoms with van der Waals surface area (Å²) in [6, 6.07) is 8.49. The minimum atomic E-state index is -1.72. The van der Waals surface area contributed by atoms with E-state index in [0.717, 1.165) is 16.7 Å². The average Bonchev–Trinajstić information content (AvgIpc) is 3.15. The molecular weight excluding hydrogens is 467 g/mol. The van der Waals surface area contributed by atoms with Crippen LogP contribution >= 0.6 is 58.3 Å². The first-order valence-corrected chi connectivity index (χ1v) is 11.2. The minimum absolute atomic E-state index is 0.299. The number of nitrogens with one attached hydrogen (secondary N) is 1. The molecule has 28 heavy (non-hydrogen) atoms. The summed E-state index contributed by atoms with van der Waals surface area (Å²) in [6.07, 6.45) is 0.477. The van der Waals surface area contributed by atoms with Crippen LogP contribution in [0.1, 0.15) is 13.3 Å². The van der Waals surface area contributed by atoms with Crippen molar-refractivity contribution in [3.05, 3.63) is 30.3 Å². The van der Waals surface area contributed by atoms with E-state index in [2.05, 4.69) is 5.32 Å². The van der Waals surface area contributed by atoms with Gasteiger partial charge in [0.1, 0.15) is 18.0 Å². The van der Waals surface area contributed by atoms with Crippen molar-refractivity contribution in [2.45, 2.75) is 43.7 Å². The molecule has 3 unspecified atom stereocenters. The van der Waals surface area contributed by atoms with E-state index < -0.39 is 26.1 Å². The molecule has 1 aliphatic carbocycles. The van der Waals surface area contributed by atoms with E-state index in [4.69, 9.17) is 39.5 Å². The number of β-lactam (4-membered cyclic amide) rings is 1. The number of hydrogen-bond donors (Lipinski definition) is 1. The molecule has 4 atom stereocenters. The molecule has 0 spiro atoms. The number of thioether (sulfide) groups is 2. The topological polar surface area (TPSA) is 75.7 Å². The van der Waals surface area contributed by atoms with Gasteiger partial charge in [0.2, 0.25) is 9.70 Å². The summed E-state index contributed by atoms with van der Waals surface area (Å²) in [5, 5.41) is 2.12. The molecular formula is C17H15Cl3N2O4S2. The molecule has 3 aliphatic rings. The Labute approximate surface area is 184 Å². The highest BCUT2D eigenvalue weighted by Crippen LogP contribution is 2.72. The number of carbonyl (C=O) groups excluding carboxylic acids is 3. The number of ether oxygens (including phenoxy) is 1. The van der Waals surface area contributed by atoms with E-state index in [9.17, 15) is 14.4 Å². The zero-order valence-electron chi connectivity index (χ0n) is 14.5. The highest BCUT2D eigenvalue weighted by Gasteiger charge is 2.85. The van der Waals surface area contributed by atoms with Crippen molar-refractivity contribution in [1.82, 2.24) is 10.2 Å². The van der Waals surface area contributed by atoms with Crippen LogP contribution < -0.4 is 5.32 Å². The Balaban J connectivity index is 1.41. The molecule has 1 N–H and O–H groups in total. The molecule has 4 rings (SSSR count). The maximum Gasteiger partial charge on any atom is 0.333 e. The number of fused-ring (bicyclic) bond motifs is 3. The second-order valence-corrected chi connectivity index (χ2v) is 12.2. The standard InChI is InChI=1S/C17H15Cl3N2O4S2/c1-15-7-16(15,13(24)26-8-17(18,19)20)22-11(23)10(12(22)28-15)21-14(25)27-9-5-3-2-4-6-9/h2-6,10,12H,7-8H2,1H3,(H,21,25)/t10?,12-,15?,16?/m1/s1. The van der Waals surface area contributed by atoms with Gasteiger partial charge in [-0.3, -0.25) is 9.59 Å². The number of amides is 2. The summed E-state index contributed by atoms with van der Waals surface area (Å²) in [7, 11) is 0. The number of esters is 1. The lowest BCUT2D eigenvalue weighted by Crippen LogP contribution is -2.71. The van der Waals surface area contributed by atoms with Crippen molar-refractivity contribution in [3.63, 3.8) is 0 Å². The number of rotatable bonds is 4. The quantitative estimate of drug-likeness (QED) is 0.307. The number of nitrogens with zero attached hydrogens (tertiary/aromatic N) is 1. The van der Waals surface area contributed by atoms with E-state index >= 15 is 0 Å². The van der Waals surface area contributed by atoms with Gasteiger partial charge < -0.3 is 15.0 Å². The third-order valence-corrected chi connectivity index (χ3v) is 7.98. The summed E-state index contributed by atoms with van der Waals surface area (Å²) in [5.41, 5.74) is -1.05. The predicted molar refractivity (Wildman–Crippen MR) is 110 cm³/mol. The van der Waals surface area contributed by atoms with Gasteiger partial charge in [-0.15, -0.1) is 11.8 Å². The van der Waals surface area contributed by atoms with Crippen LogP contribution in [-0.4, -0.2) is 54.1 Å². The van der Waals surface area contributed by atoms with Crippen LogP contribution in [0.15, 0.2) is 35.2 Å². The number of benzene rings is 1. The van der Waals surface area contributed by atoms with Gasteiger partial charge in [-0.05, 0) is 30.8 Å². The van der Waals surface area contributed by atoms with E-state index in [1.165, 1.54) is 16.7 Å². The Morgan fingerprint density at radius 1 is 1.36 bits per heavy atom. The molecule has 0 aromatic heterocycles. The first-order valence-electron chi connectivity index (χ1n) is 8.36. The molecule has 1 saturated carbocycles. The lowest BCUT2D eigenvalue weighted by molar-refractivity contribution is -0.165. The first-order chi connectivity index (χ1) is 13.1. The maximum atomic E-state index is 12.7. The van der Waals surface area contributed by atoms with Gasteiger partial charge in [0.05, 0.1) is 4.75 Å². The Morgan fingerprint density at radius 2 is 2.04 bits per heavy atom. The summed E-state index contributed by atoms with van der Waals surface area (Å²) >= 11 is 19.5. The zero-order chi connectivity index (χ0) is 20.3. The van der Waals surface area contributed by atoms with Crippen molar-refractivity contribution >= 4 is 75.4 Å². The molecule has 0 bridgehead atoms. The van der Waals surface area contributed by atoms with Crippen molar-refractivity contribution in [2.24, 2.45) is 0 Å². The van der Waals surface area contributed by atoms with Crippen molar-refractivity contribution in [3.8, 4) is 0 Å². The largest absolute Gasteiger partial charge is 0.459 e. The number of halogens is 3. The third-order valence-electron chi connectivity index (χ3n) is 5.11. The van der Waals surface area contributed by atoms with E-state index in [1.54, 1.807) is 0 Å². The molecule has 2 heterocycles. The molecule has 2 amide bonds. The lowest BCUT2D eigenvalue weighted by Gasteiger charge is -2.46. The van der Waals surface area contributed by atoms with Crippen molar-refractivity contribution in [2.75, 3.05) is 6.61 Å². The highest BCUT2D eigenvalue weighted by molar-refractivity contribution is 8.13. The fourth-order valence-corrected chi connectivity index (χ4v) is 6.49. The van der Waals surface area contributed by atoms with Gasteiger partial charge >= 0.3 is 5.97 Å². The van der Waals surface area contributed by atoms with Crippen molar-refractivity contribution in [1.29, 1.82) is 0 Å². The molecule has 0 radical (unpaired) electrons. The summed E-state index contributed by atoms with van der Waals surface area (Å²) in [6.45, 7) is 1.51. The van der Waals surface area contributed by atoms with Gasteiger partial charge in [-0.25, -0.2) is 4.79 Å². The zero-order valence-corrected chi connectivity index (χ0v) is 18.4. The van der Waals surface area contributed by atoms with Crippen LogP contribution in [0, 0.1) is 0 Å². The van der Waals surface area contributed by atoms with Crippen LogP contribution in [-0.2, 0) is 14.3 Å². The highest BCUT2D eigenvalue weighted by atomic mass is 35.6. The summed E-state index contributed by atoms with van der Waals surface area (Å²) < 4.78 is 2.98. The van der Waals surface area contributed by atoms with E-state index in [0.29, 0.717) is 6.42 Å². The second kappa shape index (κ2) is 6.87. The molecule has 3 fully saturated rings. The maximum absolute atomic E-state index is 12.7. The SMILES string of the molecule is CC12CC1(C(=O)OCC(Cl)(Cl)Cl)N1C(=O)C(NC(=O)Sc3ccccc3)[C@H]1S2. The van der Waals surface area contributed by atoms with Crippen LogP contribution in [0.2, 0.25) is 0 Å². The molecule has 2 saturated heterocycles. The van der Waals surface area contributed by atoms with Crippen LogP contribution in [0.25, 0.3) is 0 Å². The van der Waals surface area contributed by atoms with Crippen LogP contribution in [0.5, 0.6) is 0 Å². The molecule has 1 aromatic carbocycles. The van der Waals surface area contributed by atoms with Crippen LogP contribution in [0.3, 0.4) is 0 Å². The normalized spacial score (nSPS) is 32.9. The fraction of sp³-hybridized carbons (Fsp3) is 0.471. The van der Waals surface area contributed by atoms with Gasteiger partial charge in [-0.2, -0.15) is 0 Å². The molecule has 6 nitrogen and oxygen atoms in total. The van der Waals surface area contributed by atoms with Gasteiger partial charge in [-0.1, -0.05) is 53.0 Å². The second-order valence-electron chi connectivity index (χ2n) is 7.00. The van der Waals surface area contributed by atoms with Crippen molar-refractivity contribution < 1.29 is 19.1 Å². The molecule has 150 valence electrons. The fourth-order valence-electron chi connectivity index (χ4n) is 3.72. The Hall–Kier alpha value is -0.800. The van der Waals surface area contributed by atoms with E-state index in [1.807, 2.05) is 37.3 Å². The number of carbonyl (C=O) groups is 3. The Morgan fingerprint density at radius 3 is 2.68 bits per heavy atom. The van der Waals surface area contributed by atoms with Crippen LogP contribution in [0.4, 0.5) is 4.79 Å².